The van der Waals surface area contributed by atoms with E-state index in [9.17, 15) is 4.79 Å². The molecule has 1 amide bonds. The molecule has 0 aromatic rings. The zero-order valence-electron chi connectivity index (χ0n) is 7.63. The van der Waals surface area contributed by atoms with Gasteiger partial charge in [0.2, 0.25) is 0 Å². The van der Waals surface area contributed by atoms with Gasteiger partial charge in [0.1, 0.15) is 0 Å². The van der Waals surface area contributed by atoms with E-state index in [0.29, 0.717) is 0 Å². The SMILES string of the molecule is O=C(O)NC1CCC(CCI)CC1. The minimum absolute atomic E-state index is 0.211. The second-order valence-electron chi connectivity index (χ2n) is 3.64. The van der Waals surface area contributed by atoms with Crippen molar-refractivity contribution in [3.63, 3.8) is 0 Å². The first-order chi connectivity index (χ1) is 6.22. The van der Waals surface area contributed by atoms with E-state index in [4.69, 9.17) is 5.11 Å². The van der Waals surface area contributed by atoms with E-state index < -0.39 is 6.09 Å². The van der Waals surface area contributed by atoms with Gasteiger partial charge in [0.15, 0.2) is 0 Å². The van der Waals surface area contributed by atoms with Crippen LogP contribution in [-0.4, -0.2) is 21.7 Å². The number of hydrogen-bond donors (Lipinski definition) is 2. The van der Waals surface area contributed by atoms with Crippen molar-refractivity contribution in [2.75, 3.05) is 4.43 Å². The van der Waals surface area contributed by atoms with Crippen LogP contribution in [0.5, 0.6) is 0 Å². The highest BCUT2D eigenvalue weighted by molar-refractivity contribution is 14.1. The van der Waals surface area contributed by atoms with Crippen LogP contribution < -0.4 is 5.32 Å². The Morgan fingerprint density at radius 1 is 1.38 bits per heavy atom. The van der Waals surface area contributed by atoms with Crippen LogP contribution in [0.3, 0.4) is 0 Å². The van der Waals surface area contributed by atoms with Gasteiger partial charge in [-0.2, -0.15) is 0 Å². The Labute approximate surface area is 92.4 Å². The Balaban J connectivity index is 2.18. The summed E-state index contributed by atoms with van der Waals surface area (Å²) in [6.45, 7) is 0. The lowest BCUT2D eigenvalue weighted by atomic mass is 9.85. The second-order valence-corrected chi connectivity index (χ2v) is 4.72. The van der Waals surface area contributed by atoms with Crippen LogP contribution in [0, 0.1) is 5.92 Å². The van der Waals surface area contributed by atoms with Gasteiger partial charge in [-0.1, -0.05) is 22.6 Å². The largest absolute Gasteiger partial charge is 0.465 e. The third kappa shape index (κ3) is 4.15. The minimum atomic E-state index is -0.877. The number of nitrogens with one attached hydrogen (secondary N) is 1. The third-order valence-electron chi connectivity index (χ3n) is 2.69. The number of hydrogen-bond acceptors (Lipinski definition) is 1. The number of carboxylic acid groups (broad SMARTS) is 1. The predicted molar refractivity (Wildman–Crippen MR) is 60.4 cm³/mol. The van der Waals surface area contributed by atoms with Gasteiger partial charge in [-0.05, 0) is 42.4 Å². The van der Waals surface area contributed by atoms with E-state index in [-0.39, 0.29) is 6.04 Å². The number of rotatable bonds is 3. The maximum Gasteiger partial charge on any atom is 0.404 e. The molecule has 76 valence electrons. The molecule has 1 fully saturated rings. The molecule has 0 saturated heterocycles. The van der Waals surface area contributed by atoms with E-state index in [1.807, 2.05) is 0 Å². The molecule has 13 heavy (non-hydrogen) atoms. The number of carbonyl (C=O) groups is 1. The monoisotopic (exact) mass is 297 g/mol. The summed E-state index contributed by atoms with van der Waals surface area (Å²) >= 11 is 2.41. The van der Waals surface area contributed by atoms with E-state index >= 15 is 0 Å². The molecule has 0 aromatic heterocycles. The first kappa shape index (κ1) is 11.1. The molecule has 0 atom stereocenters. The summed E-state index contributed by atoms with van der Waals surface area (Å²) in [6.07, 6.45) is 4.83. The Hall–Kier alpha value is 0. The highest BCUT2D eigenvalue weighted by atomic mass is 127. The fourth-order valence-electron chi connectivity index (χ4n) is 1.92. The van der Waals surface area contributed by atoms with Crippen molar-refractivity contribution in [1.82, 2.24) is 5.32 Å². The summed E-state index contributed by atoms with van der Waals surface area (Å²) in [5.74, 6) is 0.837. The lowest BCUT2D eigenvalue weighted by Crippen LogP contribution is -2.36. The predicted octanol–water partition coefficient (Wildman–Crippen LogP) is 2.64. The maximum atomic E-state index is 10.4. The minimum Gasteiger partial charge on any atom is -0.465 e. The molecular weight excluding hydrogens is 281 g/mol. The van der Waals surface area contributed by atoms with Crippen LogP contribution in [0.2, 0.25) is 0 Å². The van der Waals surface area contributed by atoms with Gasteiger partial charge in [-0.3, -0.25) is 0 Å². The summed E-state index contributed by atoms with van der Waals surface area (Å²) in [4.78, 5) is 10.4. The average molecular weight is 297 g/mol. The number of halogens is 1. The van der Waals surface area contributed by atoms with Crippen LogP contribution in [0.15, 0.2) is 0 Å². The number of amides is 1. The molecule has 0 radical (unpaired) electrons. The first-order valence-electron chi connectivity index (χ1n) is 4.77. The molecule has 1 saturated carbocycles. The molecule has 0 bridgehead atoms. The molecule has 2 N–H and O–H groups in total. The highest BCUT2D eigenvalue weighted by Gasteiger charge is 2.21. The van der Waals surface area contributed by atoms with Crippen LogP contribution in [0.4, 0.5) is 4.79 Å². The molecule has 4 heteroatoms. The van der Waals surface area contributed by atoms with Gasteiger partial charge in [-0.15, -0.1) is 0 Å². The zero-order chi connectivity index (χ0) is 9.68. The van der Waals surface area contributed by atoms with Gasteiger partial charge in [0.05, 0.1) is 0 Å². The Kier molecular flexibility index (Phi) is 4.83. The molecule has 1 aliphatic carbocycles. The smallest absolute Gasteiger partial charge is 0.404 e. The third-order valence-corrected chi connectivity index (χ3v) is 3.31. The Morgan fingerprint density at radius 3 is 2.46 bits per heavy atom. The fraction of sp³-hybridized carbons (Fsp3) is 0.889. The zero-order valence-corrected chi connectivity index (χ0v) is 9.79. The van der Waals surface area contributed by atoms with Crippen LogP contribution >= 0.6 is 22.6 Å². The summed E-state index contributed by atoms with van der Waals surface area (Å²) in [7, 11) is 0. The summed E-state index contributed by atoms with van der Waals surface area (Å²) in [5, 5.41) is 11.1. The standard InChI is InChI=1S/C9H16INO2/c10-6-5-7-1-3-8(4-2-7)11-9(12)13/h7-8,11H,1-6H2,(H,12,13). The van der Waals surface area contributed by atoms with Crippen molar-refractivity contribution in [2.24, 2.45) is 5.92 Å². The molecule has 0 spiro atoms. The van der Waals surface area contributed by atoms with Gasteiger partial charge < -0.3 is 10.4 Å². The van der Waals surface area contributed by atoms with Crippen molar-refractivity contribution < 1.29 is 9.90 Å². The van der Waals surface area contributed by atoms with Gasteiger partial charge in [-0.25, -0.2) is 4.79 Å². The normalized spacial score (nSPS) is 28.4. The molecular formula is C9H16INO2. The van der Waals surface area contributed by atoms with E-state index in [0.717, 1.165) is 18.8 Å². The van der Waals surface area contributed by atoms with Gasteiger partial charge in [0, 0.05) is 6.04 Å². The van der Waals surface area contributed by atoms with Crippen molar-refractivity contribution in [3.05, 3.63) is 0 Å². The number of alkyl halides is 1. The Bertz CT molecular complexity index is 167. The summed E-state index contributed by atoms with van der Waals surface area (Å²) < 4.78 is 1.22. The van der Waals surface area contributed by atoms with Crippen LogP contribution in [-0.2, 0) is 0 Å². The van der Waals surface area contributed by atoms with Gasteiger partial charge >= 0.3 is 6.09 Å². The summed E-state index contributed by atoms with van der Waals surface area (Å²) in [6, 6.07) is 0.211. The lowest BCUT2D eigenvalue weighted by Gasteiger charge is -2.27. The van der Waals surface area contributed by atoms with Crippen LogP contribution in [0.25, 0.3) is 0 Å². The van der Waals surface area contributed by atoms with Crippen LogP contribution in [0.1, 0.15) is 32.1 Å². The average Bonchev–Trinajstić information content (AvgIpc) is 2.08. The van der Waals surface area contributed by atoms with E-state index in [2.05, 4.69) is 27.9 Å². The van der Waals surface area contributed by atoms with Crippen molar-refractivity contribution >= 4 is 28.7 Å². The Morgan fingerprint density at radius 2 is 2.00 bits per heavy atom. The summed E-state index contributed by atoms with van der Waals surface area (Å²) in [5.41, 5.74) is 0. The lowest BCUT2D eigenvalue weighted by molar-refractivity contribution is 0.182. The van der Waals surface area contributed by atoms with E-state index in [1.165, 1.54) is 23.7 Å². The molecule has 3 nitrogen and oxygen atoms in total. The first-order valence-corrected chi connectivity index (χ1v) is 6.30. The molecule has 0 aromatic carbocycles. The molecule has 0 unspecified atom stereocenters. The maximum absolute atomic E-state index is 10.4. The molecule has 1 rings (SSSR count). The fourth-order valence-corrected chi connectivity index (χ4v) is 2.81. The quantitative estimate of drug-likeness (QED) is 0.621. The topological polar surface area (TPSA) is 49.3 Å². The second kappa shape index (κ2) is 5.67. The van der Waals surface area contributed by atoms with Crippen molar-refractivity contribution in [2.45, 2.75) is 38.1 Å². The van der Waals surface area contributed by atoms with Crippen molar-refractivity contribution in [3.8, 4) is 0 Å². The molecule has 0 heterocycles. The molecule has 1 aliphatic rings. The highest BCUT2D eigenvalue weighted by Crippen LogP contribution is 2.27. The molecule has 0 aliphatic heterocycles. The van der Waals surface area contributed by atoms with Gasteiger partial charge in [0.25, 0.3) is 0 Å². The van der Waals surface area contributed by atoms with Crippen molar-refractivity contribution in [1.29, 1.82) is 0 Å². The van der Waals surface area contributed by atoms with E-state index in [1.54, 1.807) is 0 Å².